The van der Waals surface area contributed by atoms with Crippen LogP contribution in [0.2, 0.25) is 0 Å². The highest BCUT2D eigenvalue weighted by molar-refractivity contribution is 5.76. The van der Waals surface area contributed by atoms with Gasteiger partial charge in [-0.2, -0.15) is 0 Å². The second-order valence-electron chi connectivity index (χ2n) is 6.17. The molecule has 5 nitrogen and oxygen atoms in total. The lowest BCUT2D eigenvalue weighted by Crippen LogP contribution is -2.47. The fourth-order valence-corrected chi connectivity index (χ4v) is 3.55. The molecule has 0 aromatic heterocycles. The van der Waals surface area contributed by atoms with Crippen LogP contribution in [0.4, 0.5) is 0 Å². The van der Waals surface area contributed by atoms with Crippen molar-refractivity contribution in [3.8, 4) is 0 Å². The van der Waals surface area contributed by atoms with Crippen molar-refractivity contribution in [1.29, 1.82) is 0 Å². The van der Waals surface area contributed by atoms with Crippen molar-refractivity contribution in [2.24, 2.45) is 0 Å². The van der Waals surface area contributed by atoms with Gasteiger partial charge in [-0.05, 0) is 12.8 Å². The van der Waals surface area contributed by atoms with Gasteiger partial charge in [-0.15, -0.1) is 0 Å². The van der Waals surface area contributed by atoms with Crippen LogP contribution < -0.4 is 5.32 Å². The molecule has 20 heavy (non-hydrogen) atoms. The molecule has 1 saturated carbocycles. The van der Waals surface area contributed by atoms with E-state index in [0.29, 0.717) is 25.7 Å². The number of likely N-dealkylation sites (tertiary alicyclic amines) is 1. The molecule has 5 heteroatoms. The number of ether oxygens (including phenoxy) is 2. The predicted octanol–water partition coefficient (Wildman–Crippen LogP) is 1.27. The molecular weight excluding hydrogens is 256 g/mol. The second kappa shape index (κ2) is 6.41. The zero-order valence-corrected chi connectivity index (χ0v) is 12.2. The Bertz CT molecular complexity index is 326. The van der Waals surface area contributed by atoms with Crippen LogP contribution in [0.15, 0.2) is 0 Å². The Labute approximate surface area is 121 Å². The molecule has 2 saturated heterocycles. The summed E-state index contributed by atoms with van der Waals surface area (Å²) in [6.45, 7) is 3.74. The van der Waals surface area contributed by atoms with Crippen LogP contribution in [0.3, 0.4) is 0 Å². The van der Waals surface area contributed by atoms with Gasteiger partial charge in [-0.3, -0.25) is 4.79 Å². The number of piperidine rings is 1. The molecule has 3 rings (SSSR count). The van der Waals surface area contributed by atoms with Crippen molar-refractivity contribution < 1.29 is 14.3 Å². The lowest BCUT2D eigenvalue weighted by atomic mass is 10.0. The van der Waals surface area contributed by atoms with Crippen LogP contribution in [0.5, 0.6) is 0 Å². The highest BCUT2D eigenvalue weighted by Gasteiger charge is 2.40. The summed E-state index contributed by atoms with van der Waals surface area (Å²) < 4.78 is 11.4. The Kier molecular flexibility index (Phi) is 4.58. The molecule has 0 aromatic carbocycles. The van der Waals surface area contributed by atoms with E-state index in [2.05, 4.69) is 5.32 Å². The minimum absolute atomic E-state index is 0.267. The van der Waals surface area contributed by atoms with Gasteiger partial charge >= 0.3 is 0 Å². The third kappa shape index (κ3) is 3.32. The van der Waals surface area contributed by atoms with Crippen LogP contribution in [0.25, 0.3) is 0 Å². The molecule has 0 unspecified atom stereocenters. The third-order valence-corrected chi connectivity index (χ3v) is 4.82. The zero-order valence-electron chi connectivity index (χ0n) is 12.2. The van der Waals surface area contributed by atoms with Crippen molar-refractivity contribution in [1.82, 2.24) is 10.2 Å². The maximum Gasteiger partial charge on any atom is 0.223 e. The summed E-state index contributed by atoms with van der Waals surface area (Å²) in [5, 5.41) is 3.50. The first-order valence-electron chi connectivity index (χ1n) is 8.07. The highest BCUT2D eigenvalue weighted by atomic mass is 16.7. The third-order valence-electron chi connectivity index (χ3n) is 4.82. The zero-order chi connectivity index (χ0) is 13.8. The smallest absolute Gasteiger partial charge is 0.223 e. The summed E-state index contributed by atoms with van der Waals surface area (Å²) in [4.78, 5) is 14.1. The highest BCUT2D eigenvalue weighted by Crippen LogP contribution is 2.31. The van der Waals surface area contributed by atoms with E-state index < -0.39 is 0 Å². The molecule has 0 bridgehead atoms. The molecule has 0 atom stereocenters. The molecule has 114 valence electrons. The molecule has 1 N–H and O–H groups in total. The molecular formula is C15H26N2O3. The van der Waals surface area contributed by atoms with Gasteiger partial charge in [0.2, 0.25) is 5.91 Å². The van der Waals surface area contributed by atoms with Gasteiger partial charge in [0.25, 0.3) is 0 Å². The van der Waals surface area contributed by atoms with Crippen LogP contribution in [0, 0.1) is 0 Å². The van der Waals surface area contributed by atoms with Gasteiger partial charge in [0.05, 0.1) is 13.2 Å². The molecule has 1 spiro atoms. The summed E-state index contributed by atoms with van der Waals surface area (Å²) >= 11 is 0. The molecule has 1 amide bonds. The number of rotatable bonds is 4. The second-order valence-corrected chi connectivity index (χ2v) is 6.17. The van der Waals surface area contributed by atoms with E-state index in [1.54, 1.807) is 0 Å². The normalized spacial score (nSPS) is 26.5. The van der Waals surface area contributed by atoms with Gasteiger partial charge < -0.3 is 19.7 Å². The monoisotopic (exact) mass is 282 g/mol. The number of nitrogens with zero attached hydrogens (tertiary/aromatic N) is 1. The number of amides is 1. The van der Waals surface area contributed by atoms with Crippen molar-refractivity contribution in [3.05, 3.63) is 0 Å². The summed E-state index contributed by atoms with van der Waals surface area (Å²) in [6, 6.07) is 0.646. The molecule has 2 heterocycles. The van der Waals surface area contributed by atoms with E-state index in [-0.39, 0.29) is 11.7 Å². The first-order valence-corrected chi connectivity index (χ1v) is 8.07. The molecule has 3 aliphatic rings. The maximum absolute atomic E-state index is 12.2. The number of carbonyl (C=O) groups is 1. The SMILES string of the molecule is O=C(CCNC1CCCC1)N1CCC2(CC1)OCCO2. The Morgan fingerprint density at radius 2 is 1.80 bits per heavy atom. The van der Waals surface area contributed by atoms with E-state index in [1.165, 1.54) is 25.7 Å². The van der Waals surface area contributed by atoms with Crippen molar-refractivity contribution >= 4 is 5.91 Å². The van der Waals surface area contributed by atoms with Crippen molar-refractivity contribution in [3.63, 3.8) is 0 Å². The summed E-state index contributed by atoms with van der Waals surface area (Å²) in [7, 11) is 0. The summed E-state index contributed by atoms with van der Waals surface area (Å²) in [5.74, 6) is -0.109. The van der Waals surface area contributed by atoms with Crippen LogP contribution >= 0.6 is 0 Å². The lowest BCUT2D eigenvalue weighted by Gasteiger charge is -2.37. The minimum Gasteiger partial charge on any atom is -0.347 e. The number of hydrogen-bond acceptors (Lipinski definition) is 4. The summed E-state index contributed by atoms with van der Waals surface area (Å²) in [6.07, 6.45) is 7.46. The largest absolute Gasteiger partial charge is 0.347 e. The number of hydrogen-bond donors (Lipinski definition) is 1. The fraction of sp³-hybridized carbons (Fsp3) is 0.933. The molecule has 0 radical (unpaired) electrons. The Balaban J connectivity index is 1.35. The van der Waals surface area contributed by atoms with Crippen molar-refractivity contribution in [2.45, 2.75) is 56.8 Å². The fourth-order valence-electron chi connectivity index (χ4n) is 3.55. The first-order chi connectivity index (χ1) is 9.77. The quantitative estimate of drug-likeness (QED) is 0.844. The Morgan fingerprint density at radius 3 is 2.45 bits per heavy atom. The van der Waals surface area contributed by atoms with E-state index in [1.807, 2.05) is 4.90 Å². The molecule has 1 aliphatic carbocycles. The average molecular weight is 282 g/mol. The average Bonchev–Trinajstić information content (AvgIpc) is 3.12. The van der Waals surface area contributed by atoms with Crippen LogP contribution in [0.1, 0.15) is 44.9 Å². The van der Waals surface area contributed by atoms with E-state index in [0.717, 1.165) is 32.5 Å². The molecule has 0 aromatic rings. The summed E-state index contributed by atoms with van der Waals surface area (Å²) in [5.41, 5.74) is 0. The van der Waals surface area contributed by atoms with Gasteiger partial charge in [-0.25, -0.2) is 0 Å². The van der Waals surface area contributed by atoms with E-state index in [9.17, 15) is 4.79 Å². The lowest BCUT2D eigenvalue weighted by molar-refractivity contribution is -0.187. The maximum atomic E-state index is 12.2. The van der Waals surface area contributed by atoms with Gasteiger partial charge in [0.15, 0.2) is 5.79 Å². The van der Waals surface area contributed by atoms with Gasteiger partial charge in [-0.1, -0.05) is 12.8 Å². The minimum atomic E-state index is -0.376. The standard InChI is InChI=1S/C15H26N2O3/c18-14(5-8-16-13-3-1-2-4-13)17-9-6-15(7-10-17)19-11-12-20-15/h13,16H,1-12H2. The number of nitrogens with one attached hydrogen (secondary N) is 1. The molecule has 2 aliphatic heterocycles. The van der Waals surface area contributed by atoms with Gasteiger partial charge in [0, 0.05) is 44.9 Å². The van der Waals surface area contributed by atoms with E-state index in [4.69, 9.17) is 9.47 Å². The molecule has 3 fully saturated rings. The van der Waals surface area contributed by atoms with Crippen molar-refractivity contribution in [2.75, 3.05) is 32.8 Å². The van der Waals surface area contributed by atoms with E-state index >= 15 is 0 Å². The number of carbonyl (C=O) groups excluding carboxylic acids is 1. The van der Waals surface area contributed by atoms with Crippen LogP contribution in [-0.2, 0) is 14.3 Å². The Morgan fingerprint density at radius 1 is 1.15 bits per heavy atom. The Hall–Kier alpha value is -0.650. The van der Waals surface area contributed by atoms with Crippen LogP contribution in [-0.4, -0.2) is 55.5 Å². The first kappa shape index (κ1) is 14.3. The predicted molar refractivity (Wildman–Crippen MR) is 75.3 cm³/mol. The van der Waals surface area contributed by atoms with Gasteiger partial charge in [0.1, 0.15) is 0 Å². The topological polar surface area (TPSA) is 50.8 Å².